The van der Waals surface area contributed by atoms with Crippen molar-refractivity contribution in [3.63, 3.8) is 0 Å². The van der Waals surface area contributed by atoms with Gasteiger partial charge in [0.15, 0.2) is 29.6 Å². The molecule has 0 fully saturated rings. The summed E-state index contributed by atoms with van der Waals surface area (Å²) in [7, 11) is 0. The van der Waals surface area contributed by atoms with Crippen molar-refractivity contribution >= 4 is 11.9 Å². The second-order valence-corrected chi connectivity index (χ2v) is 6.24. The van der Waals surface area contributed by atoms with E-state index in [1.165, 1.54) is 0 Å². The molecule has 0 saturated heterocycles. The largest absolute Gasteiger partial charge is 0.486 e. The maximum atomic E-state index is 12.1. The molecule has 0 radical (unpaired) electrons. The molecule has 2 heterocycles. The normalized spacial score (nSPS) is 16.8. The molecule has 2 aliphatic rings. The third-order valence-electron chi connectivity index (χ3n) is 4.21. The van der Waals surface area contributed by atoms with Gasteiger partial charge in [-0.25, -0.2) is 4.79 Å². The fourth-order valence-electron chi connectivity index (χ4n) is 2.83. The summed E-state index contributed by atoms with van der Waals surface area (Å²) in [6.45, 7) is 1.07. The van der Waals surface area contributed by atoms with Crippen molar-refractivity contribution in [1.29, 1.82) is 0 Å². The number of benzene rings is 2. The molecule has 4 rings (SSSR count). The lowest BCUT2D eigenvalue weighted by atomic mass is 10.2. The minimum Gasteiger partial charge on any atom is -0.486 e. The molecular formula is C20H19NO7. The lowest BCUT2D eigenvalue weighted by Crippen LogP contribution is -2.42. The van der Waals surface area contributed by atoms with Gasteiger partial charge >= 0.3 is 5.97 Å². The summed E-state index contributed by atoms with van der Waals surface area (Å²) in [5.41, 5.74) is 0.290. The van der Waals surface area contributed by atoms with Crippen molar-refractivity contribution in [2.75, 3.05) is 33.0 Å². The number of carbonyl (C=O) groups excluding carboxylic acids is 2. The van der Waals surface area contributed by atoms with Gasteiger partial charge in [-0.1, -0.05) is 12.1 Å². The molecule has 0 aromatic heterocycles. The number of esters is 1. The molecular weight excluding hydrogens is 366 g/mol. The molecule has 2 aromatic rings. The lowest BCUT2D eigenvalue weighted by Gasteiger charge is -2.26. The van der Waals surface area contributed by atoms with Crippen LogP contribution in [0, 0.1) is 0 Å². The van der Waals surface area contributed by atoms with Gasteiger partial charge in [-0.15, -0.1) is 0 Å². The number of hydrogen-bond acceptors (Lipinski definition) is 7. The van der Waals surface area contributed by atoms with E-state index in [2.05, 4.69) is 5.32 Å². The number of carbonyl (C=O) groups is 2. The zero-order chi connectivity index (χ0) is 19.3. The summed E-state index contributed by atoms with van der Waals surface area (Å²) in [5, 5.41) is 2.67. The molecule has 1 amide bonds. The Hall–Kier alpha value is -3.42. The van der Waals surface area contributed by atoms with Crippen LogP contribution >= 0.6 is 0 Å². The molecule has 0 bridgehead atoms. The number of ether oxygens (including phenoxy) is 5. The number of rotatable bonds is 5. The monoisotopic (exact) mass is 385 g/mol. The van der Waals surface area contributed by atoms with E-state index in [0.717, 1.165) is 0 Å². The average molecular weight is 385 g/mol. The topological polar surface area (TPSA) is 92.3 Å². The Morgan fingerprint density at radius 3 is 2.57 bits per heavy atom. The number of fused-ring (bicyclic) bond motifs is 2. The van der Waals surface area contributed by atoms with Crippen molar-refractivity contribution < 1.29 is 33.3 Å². The first kappa shape index (κ1) is 18.0. The minimum absolute atomic E-state index is 0.245. The first-order valence-corrected chi connectivity index (χ1v) is 8.91. The van der Waals surface area contributed by atoms with E-state index in [0.29, 0.717) is 42.8 Å². The zero-order valence-electron chi connectivity index (χ0n) is 15.0. The molecule has 2 aromatic carbocycles. The van der Waals surface area contributed by atoms with Gasteiger partial charge in [-0.05, 0) is 30.3 Å². The average Bonchev–Trinajstić information content (AvgIpc) is 2.75. The van der Waals surface area contributed by atoms with E-state index in [1.54, 1.807) is 24.3 Å². The van der Waals surface area contributed by atoms with Crippen molar-refractivity contribution in [2.45, 2.75) is 6.10 Å². The van der Waals surface area contributed by atoms with Crippen LogP contribution in [0.1, 0.15) is 10.4 Å². The summed E-state index contributed by atoms with van der Waals surface area (Å²) < 4.78 is 27.2. The summed E-state index contributed by atoms with van der Waals surface area (Å²) in [6, 6.07) is 12.1. The predicted octanol–water partition coefficient (Wildman–Crippen LogP) is 1.57. The van der Waals surface area contributed by atoms with E-state index in [9.17, 15) is 9.59 Å². The van der Waals surface area contributed by atoms with Crippen LogP contribution in [0.15, 0.2) is 42.5 Å². The van der Waals surface area contributed by atoms with E-state index in [4.69, 9.17) is 23.7 Å². The second-order valence-electron chi connectivity index (χ2n) is 6.24. The van der Waals surface area contributed by atoms with Gasteiger partial charge in [0, 0.05) is 0 Å². The maximum Gasteiger partial charge on any atom is 0.338 e. The summed E-state index contributed by atoms with van der Waals surface area (Å²) in [4.78, 5) is 24.1. The van der Waals surface area contributed by atoms with Crippen LogP contribution in [-0.4, -0.2) is 51.0 Å². The van der Waals surface area contributed by atoms with Gasteiger partial charge in [0.1, 0.15) is 25.9 Å². The summed E-state index contributed by atoms with van der Waals surface area (Å²) in [5.74, 6) is 1.35. The molecule has 2 aliphatic heterocycles. The number of amides is 1. The summed E-state index contributed by atoms with van der Waals surface area (Å²) in [6.07, 6.45) is -0.313. The molecule has 1 N–H and O–H groups in total. The van der Waals surface area contributed by atoms with Crippen LogP contribution in [0.25, 0.3) is 0 Å². The minimum atomic E-state index is -0.613. The Morgan fingerprint density at radius 2 is 1.71 bits per heavy atom. The van der Waals surface area contributed by atoms with Gasteiger partial charge in [0.25, 0.3) is 5.91 Å². The number of hydrogen-bond donors (Lipinski definition) is 1. The van der Waals surface area contributed by atoms with Gasteiger partial charge in [-0.2, -0.15) is 0 Å². The van der Waals surface area contributed by atoms with Crippen LogP contribution < -0.4 is 24.3 Å². The third kappa shape index (κ3) is 4.11. The smallest absolute Gasteiger partial charge is 0.338 e. The highest BCUT2D eigenvalue weighted by Gasteiger charge is 2.21. The standard InChI is InChI=1S/C20H19NO7/c22-19(21-10-14-11-26-15-3-1-2-4-17(15)28-14)12-27-20(23)13-5-6-16-18(9-13)25-8-7-24-16/h1-6,9,14H,7-8,10-12H2,(H,21,22)/t14-/m0/s1. The van der Waals surface area contributed by atoms with Gasteiger partial charge in [0.2, 0.25) is 0 Å². The molecule has 0 aliphatic carbocycles. The first-order chi connectivity index (χ1) is 13.7. The van der Waals surface area contributed by atoms with Crippen LogP contribution in [0.3, 0.4) is 0 Å². The van der Waals surface area contributed by atoms with Crippen LogP contribution in [0.4, 0.5) is 0 Å². The highest BCUT2D eigenvalue weighted by atomic mass is 16.6. The van der Waals surface area contributed by atoms with Crippen molar-refractivity contribution in [2.24, 2.45) is 0 Å². The van der Waals surface area contributed by atoms with Gasteiger partial charge in [0.05, 0.1) is 12.1 Å². The Morgan fingerprint density at radius 1 is 0.964 bits per heavy atom. The van der Waals surface area contributed by atoms with E-state index in [1.807, 2.05) is 18.2 Å². The molecule has 28 heavy (non-hydrogen) atoms. The lowest BCUT2D eigenvalue weighted by molar-refractivity contribution is -0.124. The Bertz CT molecular complexity index is 883. The number of nitrogens with one attached hydrogen (secondary N) is 1. The van der Waals surface area contributed by atoms with Gasteiger partial charge in [-0.3, -0.25) is 4.79 Å². The fourth-order valence-corrected chi connectivity index (χ4v) is 2.83. The van der Waals surface area contributed by atoms with Crippen molar-refractivity contribution in [3.8, 4) is 23.0 Å². The van der Waals surface area contributed by atoms with Gasteiger partial charge < -0.3 is 29.0 Å². The molecule has 1 atom stereocenters. The SMILES string of the molecule is O=C(COC(=O)c1ccc2c(c1)OCCO2)NC[C@H]1COc2ccccc2O1. The van der Waals surface area contributed by atoms with E-state index in [-0.39, 0.29) is 18.2 Å². The highest BCUT2D eigenvalue weighted by molar-refractivity contribution is 5.92. The highest BCUT2D eigenvalue weighted by Crippen LogP contribution is 2.31. The molecule has 0 unspecified atom stereocenters. The van der Waals surface area contributed by atoms with E-state index >= 15 is 0 Å². The maximum absolute atomic E-state index is 12.1. The Kier molecular flexibility index (Phi) is 5.18. The van der Waals surface area contributed by atoms with Crippen LogP contribution in [0.2, 0.25) is 0 Å². The Labute approximate surface area is 161 Å². The van der Waals surface area contributed by atoms with Crippen molar-refractivity contribution in [1.82, 2.24) is 5.32 Å². The summed E-state index contributed by atoms with van der Waals surface area (Å²) >= 11 is 0. The molecule has 8 heteroatoms. The quantitative estimate of drug-likeness (QED) is 0.781. The first-order valence-electron chi connectivity index (χ1n) is 8.91. The zero-order valence-corrected chi connectivity index (χ0v) is 15.0. The van der Waals surface area contributed by atoms with E-state index < -0.39 is 18.5 Å². The Balaban J connectivity index is 1.23. The molecule has 0 spiro atoms. The fraction of sp³-hybridized carbons (Fsp3) is 0.300. The van der Waals surface area contributed by atoms with Crippen molar-refractivity contribution in [3.05, 3.63) is 48.0 Å². The molecule has 8 nitrogen and oxygen atoms in total. The molecule has 0 saturated carbocycles. The second kappa shape index (κ2) is 8.08. The third-order valence-corrected chi connectivity index (χ3v) is 4.21. The van der Waals surface area contributed by atoms with Crippen LogP contribution in [-0.2, 0) is 9.53 Å². The van der Waals surface area contributed by atoms with Crippen LogP contribution in [0.5, 0.6) is 23.0 Å². The predicted molar refractivity (Wildman–Crippen MR) is 97.1 cm³/mol. The molecule has 146 valence electrons. The number of para-hydroxylation sites is 2.